The van der Waals surface area contributed by atoms with Crippen LogP contribution < -0.4 is 26.5 Å². The topological polar surface area (TPSA) is 164 Å². The molecule has 0 saturated carbocycles. The highest BCUT2D eigenvalue weighted by atomic mass is 19.4. The largest absolute Gasteiger partial charge is 0.497 e. The summed E-state index contributed by atoms with van der Waals surface area (Å²) >= 11 is 0. The maximum atomic E-state index is 13.0. The van der Waals surface area contributed by atoms with Crippen molar-refractivity contribution in [2.45, 2.75) is 25.6 Å². The Balaban J connectivity index is 2.05. The third kappa shape index (κ3) is 7.10. The molecule has 0 aliphatic carbocycles. The van der Waals surface area contributed by atoms with E-state index < -0.39 is 30.8 Å². The molecule has 0 bridgehead atoms. The van der Waals surface area contributed by atoms with Crippen molar-refractivity contribution >= 4 is 17.1 Å². The van der Waals surface area contributed by atoms with Crippen molar-refractivity contribution in [2.75, 3.05) is 26.5 Å². The van der Waals surface area contributed by atoms with Gasteiger partial charge in [0.1, 0.15) is 28.6 Å². The second-order valence-corrected chi connectivity index (χ2v) is 8.46. The Labute approximate surface area is 221 Å². The minimum atomic E-state index is -4.52. The van der Waals surface area contributed by atoms with Gasteiger partial charge in [-0.1, -0.05) is 0 Å². The van der Waals surface area contributed by atoms with Crippen LogP contribution in [0.2, 0.25) is 0 Å². The number of aryl methyl sites for hydroxylation is 1. The van der Waals surface area contributed by atoms with Crippen molar-refractivity contribution in [3.05, 3.63) is 52.8 Å². The summed E-state index contributed by atoms with van der Waals surface area (Å²) in [7, 11) is 4.50. The van der Waals surface area contributed by atoms with Crippen LogP contribution >= 0.6 is 0 Å². The van der Waals surface area contributed by atoms with Gasteiger partial charge in [-0.3, -0.25) is 9.79 Å². The van der Waals surface area contributed by atoms with Gasteiger partial charge >= 0.3 is 6.18 Å². The normalized spacial score (nSPS) is 13.3. The molecule has 5 N–H and O–H groups in total. The number of allylic oxidation sites excluding steroid dienone is 1. The summed E-state index contributed by atoms with van der Waals surface area (Å²) in [5.41, 5.74) is 13.0. The summed E-state index contributed by atoms with van der Waals surface area (Å²) in [4.78, 5) is 30.2. The molecule has 39 heavy (non-hydrogen) atoms. The molecule has 2 heterocycles. The average molecular weight is 548 g/mol. The minimum Gasteiger partial charge on any atom is -0.497 e. The van der Waals surface area contributed by atoms with Gasteiger partial charge in [-0.2, -0.15) is 13.2 Å². The lowest BCUT2D eigenvalue weighted by atomic mass is 10.1. The van der Waals surface area contributed by atoms with Crippen molar-refractivity contribution in [3.8, 4) is 34.1 Å². The maximum absolute atomic E-state index is 13.0. The third-order valence-electron chi connectivity index (χ3n) is 5.58. The predicted octanol–water partition coefficient (Wildman–Crippen LogP) is 2.58. The van der Waals surface area contributed by atoms with Gasteiger partial charge in [0.2, 0.25) is 0 Å². The lowest BCUT2D eigenvalue weighted by molar-refractivity contribution is -0.152. The molecule has 0 saturated heterocycles. The number of alkyl halides is 3. The zero-order valence-electron chi connectivity index (χ0n) is 21.7. The van der Waals surface area contributed by atoms with E-state index >= 15 is 0 Å². The SMILES string of the molecule is COc1cc(OC)cc(-c2nc(-c3nc(C(=CN)C(C)=NC[C@H](O)CC(F)(F)F)cnc3N)cn(C)c2=O)c1. The van der Waals surface area contributed by atoms with E-state index in [1.807, 2.05) is 0 Å². The number of aliphatic imine (C=N–C) groups is 1. The Bertz CT molecular complexity index is 1450. The number of halogens is 3. The molecule has 0 spiro atoms. The van der Waals surface area contributed by atoms with Gasteiger partial charge in [-0.15, -0.1) is 0 Å². The van der Waals surface area contributed by atoms with Gasteiger partial charge in [-0.25, -0.2) is 15.0 Å². The molecule has 11 nitrogen and oxygen atoms in total. The molecule has 208 valence electrons. The van der Waals surface area contributed by atoms with Crippen LogP contribution in [-0.4, -0.2) is 63.4 Å². The summed E-state index contributed by atoms with van der Waals surface area (Å²) in [5, 5.41) is 9.65. The van der Waals surface area contributed by atoms with Crippen LogP contribution in [0, 0.1) is 0 Å². The number of hydrogen-bond acceptors (Lipinski definition) is 10. The molecular formula is C25H28F3N7O4. The van der Waals surface area contributed by atoms with Gasteiger partial charge in [0, 0.05) is 42.4 Å². The zero-order chi connectivity index (χ0) is 28.9. The maximum Gasteiger partial charge on any atom is 0.391 e. The average Bonchev–Trinajstić information content (AvgIpc) is 2.88. The highest BCUT2D eigenvalue weighted by molar-refractivity contribution is 6.22. The molecule has 3 aromatic rings. The first kappa shape index (κ1) is 29.1. The molecule has 3 rings (SSSR count). The molecule has 0 amide bonds. The smallest absolute Gasteiger partial charge is 0.391 e. The van der Waals surface area contributed by atoms with E-state index in [0.717, 1.165) is 0 Å². The Morgan fingerprint density at radius 1 is 1.18 bits per heavy atom. The Hall–Kier alpha value is -4.46. The molecule has 0 aliphatic heterocycles. The van der Waals surface area contributed by atoms with Crippen molar-refractivity contribution in [1.29, 1.82) is 0 Å². The van der Waals surface area contributed by atoms with E-state index in [0.29, 0.717) is 17.1 Å². The molecule has 1 aromatic carbocycles. The second-order valence-electron chi connectivity index (χ2n) is 8.46. The number of benzene rings is 1. The van der Waals surface area contributed by atoms with Crippen LogP contribution in [0.4, 0.5) is 19.0 Å². The fourth-order valence-electron chi connectivity index (χ4n) is 3.62. The molecule has 0 unspecified atom stereocenters. The summed E-state index contributed by atoms with van der Waals surface area (Å²) in [6, 6.07) is 4.91. The molecule has 2 aromatic heterocycles. The number of aliphatic hydroxyl groups excluding tert-OH is 1. The van der Waals surface area contributed by atoms with Crippen molar-refractivity contribution in [2.24, 2.45) is 17.8 Å². The quantitative estimate of drug-likeness (QED) is 0.342. The van der Waals surface area contributed by atoms with Crippen molar-refractivity contribution in [3.63, 3.8) is 0 Å². The summed E-state index contributed by atoms with van der Waals surface area (Å²) in [5.74, 6) is 0.908. The fraction of sp³-hybridized carbons (Fsp3) is 0.320. The Morgan fingerprint density at radius 2 is 1.82 bits per heavy atom. The zero-order valence-corrected chi connectivity index (χ0v) is 21.7. The van der Waals surface area contributed by atoms with E-state index in [1.54, 1.807) is 18.2 Å². The van der Waals surface area contributed by atoms with E-state index in [2.05, 4.69) is 19.9 Å². The number of ether oxygens (including phenoxy) is 2. The van der Waals surface area contributed by atoms with Crippen LogP contribution in [0.1, 0.15) is 19.0 Å². The van der Waals surface area contributed by atoms with E-state index in [9.17, 15) is 23.1 Å². The molecule has 0 fully saturated rings. The predicted molar refractivity (Wildman–Crippen MR) is 140 cm³/mol. The number of aromatic nitrogens is 4. The molecule has 1 atom stereocenters. The number of nitrogens with two attached hydrogens (primary N) is 2. The standard InChI is InChI=1S/C25H28F3N7O4/c1-13(31-10-15(36)8-25(26,27)28)18(9-29)19-11-32-23(30)22(33-19)20-12-35(2)24(37)21(34-20)14-5-16(38-3)7-17(6-14)39-4/h5-7,9,11-12,15,36H,8,10,29H2,1-4H3,(H2,30,32)/t15-/m1/s1. The van der Waals surface area contributed by atoms with Crippen LogP contribution in [0.15, 0.2) is 46.6 Å². The molecule has 0 aliphatic rings. The Kier molecular flexibility index (Phi) is 8.91. The molecular weight excluding hydrogens is 519 g/mol. The van der Waals surface area contributed by atoms with Gasteiger partial charge in [-0.05, 0) is 19.1 Å². The third-order valence-corrected chi connectivity index (χ3v) is 5.58. The van der Waals surface area contributed by atoms with Crippen molar-refractivity contribution in [1.82, 2.24) is 19.5 Å². The number of hydrogen-bond donors (Lipinski definition) is 3. The second kappa shape index (κ2) is 11.9. The summed E-state index contributed by atoms with van der Waals surface area (Å²) in [6.07, 6.45) is -3.70. The summed E-state index contributed by atoms with van der Waals surface area (Å²) in [6.45, 7) is 1.02. The monoisotopic (exact) mass is 547 g/mol. The number of aliphatic hydroxyl groups is 1. The summed E-state index contributed by atoms with van der Waals surface area (Å²) < 4.78 is 49.5. The van der Waals surface area contributed by atoms with Gasteiger partial charge in [0.05, 0.1) is 45.2 Å². The number of nitrogen functional groups attached to an aromatic ring is 1. The highest BCUT2D eigenvalue weighted by Gasteiger charge is 2.31. The number of nitrogens with zero attached hydrogens (tertiary/aromatic N) is 5. The first-order valence-corrected chi connectivity index (χ1v) is 11.5. The van der Waals surface area contributed by atoms with Gasteiger partial charge < -0.3 is 30.6 Å². The molecule has 14 heteroatoms. The molecule has 0 radical (unpaired) electrons. The number of methoxy groups -OCH3 is 2. The number of rotatable bonds is 9. The highest BCUT2D eigenvalue weighted by Crippen LogP contribution is 2.29. The minimum absolute atomic E-state index is 0.00522. The van der Waals surface area contributed by atoms with Crippen LogP contribution in [0.3, 0.4) is 0 Å². The first-order chi connectivity index (χ1) is 18.4. The fourth-order valence-corrected chi connectivity index (χ4v) is 3.62. The Morgan fingerprint density at radius 3 is 2.38 bits per heavy atom. The van der Waals surface area contributed by atoms with Gasteiger partial charge in [0.15, 0.2) is 5.82 Å². The van der Waals surface area contributed by atoms with Crippen LogP contribution in [-0.2, 0) is 7.05 Å². The van der Waals surface area contributed by atoms with E-state index in [-0.39, 0.29) is 39.9 Å². The lowest BCUT2D eigenvalue weighted by Crippen LogP contribution is -2.22. The van der Waals surface area contributed by atoms with Crippen LogP contribution in [0.5, 0.6) is 11.5 Å². The van der Waals surface area contributed by atoms with E-state index in [4.69, 9.17) is 20.9 Å². The first-order valence-electron chi connectivity index (χ1n) is 11.5. The van der Waals surface area contributed by atoms with E-state index in [1.165, 1.54) is 51.4 Å². The van der Waals surface area contributed by atoms with Crippen LogP contribution in [0.25, 0.3) is 28.2 Å². The number of anilines is 1. The lowest BCUT2D eigenvalue weighted by Gasteiger charge is -2.13. The van der Waals surface area contributed by atoms with Gasteiger partial charge in [0.25, 0.3) is 5.56 Å². The van der Waals surface area contributed by atoms with Crippen molar-refractivity contribution < 1.29 is 27.8 Å².